The molecule has 0 heterocycles. The van der Waals surface area contributed by atoms with Crippen LogP contribution in [0.25, 0.3) is 0 Å². The Morgan fingerprint density at radius 2 is 1.36 bits per heavy atom. The molecule has 0 radical (unpaired) electrons. The smallest absolute Gasteiger partial charge is 0.0568 e. The maximum atomic E-state index is 10.00. The Morgan fingerprint density at radius 1 is 0.786 bits per heavy atom. The Morgan fingerprint density at radius 3 is 1.79 bits per heavy atom. The molecule has 0 saturated heterocycles. The van der Waals surface area contributed by atoms with Gasteiger partial charge in [-0.3, -0.25) is 0 Å². The molecule has 0 spiro atoms. The number of hydrogen-bond donors (Lipinski definition) is 1. The number of aliphatic hydroxyl groups is 1. The van der Waals surface area contributed by atoms with Crippen molar-refractivity contribution in [1.29, 1.82) is 0 Å². The quantitative estimate of drug-likeness (QED) is 0.554. The van der Waals surface area contributed by atoms with Gasteiger partial charge in [0.2, 0.25) is 0 Å². The van der Waals surface area contributed by atoms with Gasteiger partial charge >= 0.3 is 0 Å². The molecule has 0 saturated carbocycles. The number of rotatable bonds is 9. The maximum Gasteiger partial charge on any atom is 0.0568 e. The second-order valence-corrected chi connectivity index (χ2v) is 4.40. The highest BCUT2D eigenvalue weighted by Crippen LogP contribution is 2.21. The summed E-state index contributed by atoms with van der Waals surface area (Å²) in [5, 5.41) is 10.00. The Hall–Kier alpha value is -0.0400. The van der Waals surface area contributed by atoms with Gasteiger partial charge in [0.15, 0.2) is 0 Å². The minimum atomic E-state index is -0.0403. The molecule has 0 rings (SSSR count). The van der Waals surface area contributed by atoms with Crippen LogP contribution in [0.1, 0.15) is 72.1 Å². The van der Waals surface area contributed by atoms with E-state index in [-0.39, 0.29) is 6.10 Å². The van der Waals surface area contributed by atoms with E-state index in [4.69, 9.17) is 0 Å². The molecule has 0 bridgehead atoms. The zero-order valence-corrected chi connectivity index (χ0v) is 10.3. The summed E-state index contributed by atoms with van der Waals surface area (Å²) in [7, 11) is 0. The van der Waals surface area contributed by atoms with Gasteiger partial charge in [0, 0.05) is 0 Å². The summed E-state index contributed by atoms with van der Waals surface area (Å²) in [4.78, 5) is 0. The van der Waals surface area contributed by atoms with Crippen molar-refractivity contribution in [3.05, 3.63) is 0 Å². The average molecular weight is 200 g/mol. The molecule has 1 nitrogen and oxygen atoms in total. The van der Waals surface area contributed by atoms with Crippen LogP contribution in [-0.2, 0) is 0 Å². The van der Waals surface area contributed by atoms with Crippen molar-refractivity contribution >= 4 is 0 Å². The summed E-state index contributed by atoms with van der Waals surface area (Å²) < 4.78 is 0. The molecule has 0 aromatic carbocycles. The number of hydrogen-bond acceptors (Lipinski definition) is 1. The van der Waals surface area contributed by atoms with Crippen LogP contribution < -0.4 is 0 Å². The second-order valence-electron chi connectivity index (χ2n) is 4.40. The minimum absolute atomic E-state index is 0.0403. The van der Waals surface area contributed by atoms with Crippen LogP contribution in [0.2, 0.25) is 0 Å². The van der Waals surface area contributed by atoms with E-state index < -0.39 is 0 Å². The highest BCUT2D eigenvalue weighted by Gasteiger charge is 2.16. The summed E-state index contributed by atoms with van der Waals surface area (Å²) in [6.07, 6.45) is 9.48. The fourth-order valence-corrected chi connectivity index (χ4v) is 2.11. The highest BCUT2D eigenvalue weighted by atomic mass is 16.3. The first-order valence-corrected chi connectivity index (χ1v) is 6.44. The molecule has 0 aromatic rings. The molecular formula is C13H28O. The lowest BCUT2D eigenvalue weighted by Crippen LogP contribution is -2.20. The molecule has 0 aliphatic rings. The molecule has 0 amide bonds. The molecule has 1 atom stereocenters. The fraction of sp³-hybridized carbons (Fsp3) is 1.00. The van der Waals surface area contributed by atoms with Crippen LogP contribution in [0.3, 0.4) is 0 Å². The summed E-state index contributed by atoms with van der Waals surface area (Å²) >= 11 is 0. The largest absolute Gasteiger partial charge is 0.393 e. The van der Waals surface area contributed by atoms with Gasteiger partial charge in [-0.15, -0.1) is 0 Å². The monoisotopic (exact) mass is 200 g/mol. The summed E-state index contributed by atoms with van der Waals surface area (Å²) in [6, 6.07) is 0. The molecule has 0 aromatic heterocycles. The van der Waals surface area contributed by atoms with Crippen LogP contribution in [0.5, 0.6) is 0 Å². The fourth-order valence-electron chi connectivity index (χ4n) is 2.11. The van der Waals surface area contributed by atoms with E-state index in [0.717, 1.165) is 6.42 Å². The van der Waals surface area contributed by atoms with Gasteiger partial charge in [0.1, 0.15) is 0 Å². The zero-order valence-electron chi connectivity index (χ0n) is 10.3. The third kappa shape index (κ3) is 6.42. The van der Waals surface area contributed by atoms with E-state index in [2.05, 4.69) is 20.8 Å². The van der Waals surface area contributed by atoms with Crippen molar-refractivity contribution in [3.8, 4) is 0 Å². The average Bonchev–Trinajstić information content (AvgIpc) is 2.18. The Kier molecular flexibility index (Phi) is 9.49. The van der Waals surface area contributed by atoms with Gasteiger partial charge in [0.25, 0.3) is 0 Å². The van der Waals surface area contributed by atoms with E-state index in [0.29, 0.717) is 5.92 Å². The van der Waals surface area contributed by atoms with Gasteiger partial charge in [-0.25, -0.2) is 0 Å². The van der Waals surface area contributed by atoms with Crippen molar-refractivity contribution in [2.75, 3.05) is 0 Å². The lowest BCUT2D eigenvalue weighted by atomic mass is 9.89. The van der Waals surface area contributed by atoms with Crippen molar-refractivity contribution < 1.29 is 5.11 Å². The third-order valence-electron chi connectivity index (χ3n) is 2.97. The molecule has 0 fully saturated rings. The van der Waals surface area contributed by atoms with E-state index in [1.165, 1.54) is 44.9 Å². The van der Waals surface area contributed by atoms with E-state index in [1.807, 2.05) is 0 Å². The van der Waals surface area contributed by atoms with Gasteiger partial charge < -0.3 is 5.11 Å². The van der Waals surface area contributed by atoms with E-state index in [9.17, 15) is 5.11 Å². The third-order valence-corrected chi connectivity index (χ3v) is 2.97. The van der Waals surface area contributed by atoms with Gasteiger partial charge in [0.05, 0.1) is 6.10 Å². The molecule has 86 valence electrons. The zero-order chi connectivity index (χ0) is 10.8. The summed E-state index contributed by atoms with van der Waals surface area (Å²) in [6.45, 7) is 6.63. The second kappa shape index (κ2) is 9.51. The maximum absolute atomic E-state index is 10.00. The molecule has 1 unspecified atom stereocenters. The Balaban J connectivity index is 3.69. The van der Waals surface area contributed by atoms with Crippen molar-refractivity contribution in [3.63, 3.8) is 0 Å². The van der Waals surface area contributed by atoms with Crippen molar-refractivity contribution in [1.82, 2.24) is 0 Å². The predicted octanol–water partition coefficient (Wildman–Crippen LogP) is 4.14. The van der Waals surface area contributed by atoms with Gasteiger partial charge in [-0.05, 0) is 25.2 Å². The van der Waals surface area contributed by atoms with Gasteiger partial charge in [-0.1, -0.05) is 52.9 Å². The lowest BCUT2D eigenvalue weighted by Gasteiger charge is -2.21. The van der Waals surface area contributed by atoms with Crippen molar-refractivity contribution in [2.24, 2.45) is 5.92 Å². The van der Waals surface area contributed by atoms with Gasteiger partial charge in [-0.2, -0.15) is 0 Å². The van der Waals surface area contributed by atoms with Crippen molar-refractivity contribution in [2.45, 2.75) is 78.2 Å². The Labute approximate surface area is 89.9 Å². The normalized spacial score (nSPS) is 13.5. The summed E-state index contributed by atoms with van der Waals surface area (Å²) in [5.74, 6) is 0.557. The molecular weight excluding hydrogens is 172 g/mol. The first-order valence-electron chi connectivity index (χ1n) is 6.44. The molecule has 0 aliphatic carbocycles. The first kappa shape index (κ1) is 14.0. The van der Waals surface area contributed by atoms with Crippen LogP contribution in [0.15, 0.2) is 0 Å². The Bertz CT molecular complexity index is 106. The SMILES string of the molecule is CCCCCC(O)C(CCC)CCC. The first-order chi connectivity index (χ1) is 6.76. The molecule has 0 aliphatic heterocycles. The topological polar surface area (TPSA) is 20.2 Å². The minimum Gasteiger partial charge on any atom is -0.393 e. The van der Waals surface area contributed by atoms with Crippen LogP contribution >= 0.6 is 0 Å². The molecule has 14 heavy (non-hydrogen) atoms. The standard InChI is InChI=1S/C13H28O/c1-4-7-8-11-13(14)12(9-5-2)10-6-3/h12-14H,4-11H2,1-3H3. The van der Waals surface area contributed by atoms with Crippen LogP contribution in [-0.4, -0.2) is 11.2 Å². The van der Waals surface area contributed by atoms with E-state index in [1.54, 1.807) is 0 Å². The van der Waals surface area contributed by atoms with Crippen LogP contribution in [0, 0.1) is 5.92 Å². The van der Waals surface area contributed by atoms with Crippen LogP contribution in [0.4, 0.5) is 0 Å². The molecule has 1 N–H and O–H groups in total. The lowest BCUT2D eigenvalue weighted by molar-refractivity contribution is 0.0854. The van der Waals surface area contributed by atoms with E-state index >= 15 is 0 Å². The predicted molar refractivity (Wildman–Crippen MR) is 63.5 cm³/mol. The summed E-state index contributed by atoms with van der Waals surface area (Å²) in [5.41, 5.74) is 0. The number of aliphatic hydroxyl groups excluding tert-OH is 1. The molecule has 1 heteroatoms. The number of unbranched alkanes of at least 4 members (excludes halogenated alkanes) is 2. The highest BCUT2D eigenvalue weighted by molar-refractivity contribution is 4.68.